The lowest BCUT2D eigenvalue weighted by Gasteiger charge is -2.32. The Morgan fingerprint density at radius 1 is 0.575 bits per heavy atom. The van der Waals surface area contributed by atoms with Crippen molar-refractivity contribution in [2.45, 2.75) is 76.3 Å². The van der Waals surface area contributed by atoms with E-state index in [9.17, 15) is 63.9 Å². The van der Waals surface area contributed by atoms with Crippen molar-refractivity contribution in [1.82, 2.24) is 37.4 Å². The lowest BCUT2D eigenvalue weighted by molar-refractivity contribution is -0.139. The Balaban J connectivity index is 0.000000194. The van der Waals surface area contributed by atoms with Crippen molar-refractivity contribution in [3.05, 3.63) is 184 Å². The van der Waals surface area contributed by atoms with Crippen LogP contribution in [0.1, 0.15) is 68.7 Å². The van der Waals surface area contributed by atoms with E-state index < -0.39 is 101 Å². The normalized spacial score (nSPS) is 16.1. The number of nitrogens with two attached hydrogens (primary N) is 2. The number of Topliss-reactive ketones (excluding diaryl/α,β-unsaturated/α-hetero) is 2. The summed E-state index contributed by atoms with van der Waals surface area (Å²) in [4.78, 5) is 92.2. The number of imidazole rings is 2. The molecule has 0 radical (unpaired) electrons. The van der Waals surface area contributed by atoms with Crippen LogP contribution in [0.5, 0.6) is 0 Å². The predicted molar refractivity (Wildman–Crippen MR) is 280 cm³/mol. The first-order valence-corrected chi connectivity index (χ1v) is 25.2. The van der Waals surface area contributed by atoms with Crippen LogP contribution < -0.4 is 43.8 Å². The van der Waals surface area contributed by atoms with E-state index in [1.54, 1.807) is 58.3 Å². The van der Waals surface area contributed by atoms with Gasteiger partial charge in [0.1, 0.15) is 11.6 Å². The number of alkyl halides is 6. The highest BCUT2D eigenvalue weighted by Gasteiger charge is 2.37. The van der Waals surface area contributed by atoms with Gasteiger partial charge in [0.2, 0.25) is 11.9 Å². The topological polar surface area (TPSA) is 216 Å². The third-order valence-electron chi connectivity index (χ3n) is 14.1. The minimum absolute atomic E-state index is 0.0417. The van der Waals surface area contributed by atoms with Gasteiger partial charge >= 0.3 is 23.7 Å². The van der Waals surface area contributed by atoms with Crippen molar-refractivity contribution in [2.24, 2.45) is 25.6 Å². The van der Waals surface area contributed by atoms with Crippen LogP contribution in [0.4, 0.5) is 47.0 Å². The molecule has 2 fully saturated rings. The zero-order valence-electron chi connectivity index (χ0n) is 43.0. The maximum atomic E-state index is 14.9. The third kappa shape index (κ3) is 11.2. The molecule has 26 heteroatoms. The first kappa shape index (κ1) is 56.2. The summed E-state index contributed by atoms with van der Waals surface area (Å²) >= 11 is 0. The predicted octanol–water partition coefficient (Wildman–Crippen LogP) is 5.83. The second kappa shape index (κ2) is 22.3. The lowest BCUT2D eigenvalue weighted by Crippen LogP contribution is -2.44. The Bertz CT molecular complexity index is 3920. The zero-order chi connectivity index (χ0) is 57.5. The summed E-state index contributed by atoms with van der Waals surface area (Å²) in [6.07, 6.45) is -6.77. The molecule has 10 rings (SSSR count). The van der Waals surface area contributed by atoms with E-state index in [2.05, 4.69) is 9.97 Å². The number of carbonyl (C=O) groups is 2. The van der Waals surface area contributed by atoms with Crippen molar-refractivity contribution in [1.29, 1.82) is 0 Å². The number of anilines is 2. The van der Waals surface area contributed by atoms with Gasteiger partial charge in [0.05, 0.1) is 37.3 Å². The summed E-state index contributed by atoms with van der Waals surface area (Å²) in [6, 6.07) is 20.4. The third-order valence-corrected chi connectivity index (χ3v) is 14.1. The van der Waals surface area contributed by atoms with Gasteiger partial charge in [-0.2, -0.15) is 36.3 Å². The molecule has 6 heterocycles. The van der Waals surface area contributed by atoms with Crippen molar-refractivity contribution in [3.63, 3.8) is 0 Å². The number of halogens is 8. The van der Waals surface area contributed by atoms with Gasteiger partial charge in [0.15, 0.2) is 33.9 Å². The monoisotopic (exact) mass is 1120 g/mol. The summed E-state index contributed by atoms with van der Waals surface area (Å²) in [6.45, 7) is -0.796. The minimum Gasteiger partial charge on any atom is -0.341 e. The molecule has 0 amide bonds. The van der Waals surface area contributed by atoms with Crippen LogP contribution in [0.3, 0.4) is 0 Å². The average Bonchev–Trinajstić information content (AvgIpc) is 4.07. The maximum absolute atomic E-state index is 14.9. The number of carbonyl (C=O) groups excluding carboxylic acids is 2. The molecular formula is C54H52F8N12O6. The lowest BCUT2D eigenvalue weighted by atomic mass is 10.1. The number of hydrogen-bond acceptors (Lipinski definition) is 12. The minimum atomic E-state index is -4.86. The van der Waals surface area contributed by atoms with Gasteiger partial charge in [-0.1, -0.05) is 66.7 Å². The molecule has 4 aromatic carbocycles. The molecule has 0 saturated carbocycles. The van der Waals surface area contributed by atoms with Crippen LogP contribution in [-0.2, 0) is 52.6 Å². The molecule has 4 aromatic heterocycles. The molecule has 0 bridgehead atoms. The van der Waals surface area contributed by atoms with Crippen molar-refractivity contribution >= 4 is 45.8 Å². The Kier molecular flexibility index (Phi) is 15.7. The molecular weight excluding hydrogens is 1060 g/mol. The van der Waals surface area contributed by atoms with Crippen molar-refractivity contribution in [3.8, 4) is 0 Å². The zero-order valence-corrected chi connectivity index (χ0v) is 43.0. The van der Waals surface area contributed by atoms with Gasteiger partial charge in [-0.15, -0.1) is 0 Å². The molecule has 0 spiro atoms. The van der Waals surface area contributed by atoms with Crippen LogP contribution in [0.15, 0.2) is 116 Å². The molecule has 2 aliphatic rings. The van der Waals surface area contributed by atoms with Gasteiger partial charge < -0.3 is 21.3 Å². The molecule has 18 nitrogen and oxygen atoms in total. The van der Waals surface area contributed by atoms with Crippen molar-refractivity contribution in [2.75, 3.05) is 36.0 Å². The first-order valence-electron chi connectivity index (χ1n) is 25.2. The molecule has 8 aromatic rings. The van der Waals surface area contributed by atoms with Crippen LogP contribution in [0.2, 0.25) is 0 Å². The first-order chi connectivity index (χ1) is 37.9. The number of aryl methyl sites for hydroxylation is 2. The summed E-state index contributed by atoms with van der Waals surface area (Å²) < 4.78 is 118. The van der Waals surface area contributed by atoms with Crippen LogP contribution in [0.25, 0.3) is 22.3 Å². The fraction of sp³-hybridized carbons (Fsp3) is 0.333. The second-order valence-electron chi connectivity index (χ2n) is 19.6. The Hall–Kier alpha value is -8.52. The standard InChI is InChI=1S/2C27H26F4N6O3/c1-34-23-22(24(39)37(26(34)40)15-21(38)16-7-3-2-4-8-16)36(25(33-23)35-12-6-9-17(32)13-35)14-18-19(27(29,30)31)10-5-11-20(18)28;1-34-23-22(24(39)37(26(34)40)15-21(38)16-6-3-2-4-7-16)36(25(33-23)35-11-5-8-19(32)14-35)13-17-12-18(27(29,30)31)9-10-20(17)28/h2-5,7-8,10-11,17H,6,9,12-15,32H2,1H3;2-4,6-7,9-10,12,19H,5,8,11,13-15,32H2,1H3. The van der Waals surface area contributed by atoms with E-state index in [4.69, 9.17) is 11.5 Å². The van der Waals surface area contributed by atoms with E-state index in [0.29, 0.717) is 61.3 Å². The number of rotatable bonds is 12. The van der Waals surface area contributed by atoms with E-state index >= 15 is 0 Å². The number of ketones is 2. The summed E-state index contributed by atoms with van der Waals surface area (Å²) in [5.74, 6) is -2.76. The van der Waals surface area contributed by atoms with E-state index in [1.807, 2.05) is 0 Å². The average molecular weight is 1120 g/mol. The van der Waals surface area contributed by atoms with Crippen LogP contribution in [0, 0.1) is 11.6 Å². The molecule has 420 valence electrons. The molecule has 0 aliphatic carbocycles. The smallest absolute Gasteiger partial charge is 0.341 e. The molecule has 4 N–H and O–H groups in total. The Morgan fingerprint density at radius 3 is 1.48 bits per heavy atom. The number of piperidine rings is 2. The van der Waals surface area contributed by atoms with Gasteiger partial charge in [-0.3, -0.25) is 46.6 Å². The van der Waals surface area contributed by atoms with Crippen LogP contribution in [-0.4, -0.2) is 87.2 Å². The summed E-state index contributed by atoms with van der Waals surface area (Å²) in [5, 5.41) is 0. The number of nitrogens with zero attached hydrogens (tertiary/aromatic N) is 10. The van der Waals surface area contributed by atoms with Gasteiger partial charge in [0, 0.05) is 74.6 Å². The largest absolute Gasteiger partial charge is 0.416 e. The molecule has 2 aliphatic heterocycles. The highest BCUT2D eigenvalue weighted by Crippen LogP contribution is 2.36. The fourth-order valence-corrected chi connectivity index (χ4v) is 10.1. The van der Waals surface area contributed by atoms with E-state index in [0.717, 1.165) is 50.8 Å². The number of aromatic nitrogens is 8. The van der Waals surface area contributed by atoms with Gasteiger partial charge in [0.25, 0.3) is 11.1 Å². The van der Waals surface area contributed by atoms with Crippen LogP contribution >= 0.6 is 0 Å². The molecule has 80 heavy (non-hydrogen) atoms. The number of hydrogen-bond donors (Lipinski definition) is 2. The fourth-order valence-electron chi connectivity index (χ4n) is 10.1. The maximum Gasteiger partial charge on any atom is 0.416 e. The molecule has 2 unspecified atom stereocenters. The van der Waals surface area contributed by atoms with Gasteiger partial charge in [-0.25, -0.2) is 18.4 Å². The number of benzene rings is 4. The van der Waals surface area contributed by atoms with E-state index in [1.165, 1.54) is 35.4 Å². The highest BCUT2D eigenvalue weighted by atomic mass is 19.4. The quantitative estimate of drug-likeness (QED) is 0.109. The second-order valence-corrected chi connectivity index (χ2v) is 19.6. The molecule has 2 saturated heterocycles. The molecule has 2 atom stereocenters. The Morgan fingerprint density at radius 2 is 1.04 bits per heavy atom. The number of fused-ring (bicyclic) bond motifs is 2. The Labute approximate surface area is 448 Å². The summed E-state index contributed by atoms with van der Waals surface area (Å²) in [7, 11) is 2.72. The van der Waals surface area contributed by atoms with E-state index in [-0.39, 0.29) is 57.4 Å². The van der Waals surface area contributed by atoms with Gasteiger partial charge in [-0.05, 0) is 56.0 Å². The summed E-state index contributed by atoms with van der Waals surface area (Å²) in [5.41, 5.74) is 5.68. The highest BCUT2D eigenvalue weighted by molar-refractivity contribution is 5.96. The SMILES string of the molecule is Cn1c(=O)n(CC(=O)c2ccccc2)c(=O)c2c1nc(N1CCCC(N)C1)n2Cc1c(F)cccc1C(F)(F)F.Cn1c(=O)n(CC(=O)c2ccccc2)c(=O)c2c1nc(N1CCCC(N)C1)n2Cc1cc(C(F)(F)F)ccc1F. The van der Waals surface area contributed by atoms with Crippen molar-refractivity contribution < 1.29 is 44.7 Å².